The van der Waals surface area contributed by atoms with Crippen molar-refractivity contribution in [1.29, 1.82) is 0 Å². The molecule has 1 aliphatic heterocycles. The normalized spacial score (nSPS) is 16.8. The Morgan fingerprint density at radius 2 is 1.85 bits per heavy atom. The molecule has 1 aliphatic rings. The van der Waals surface area contributed by atoms with Crippen LogP contribution in [0.2, 0.25) is 0 Å². The lowest BCUT2D eigenvalue weighted by atomic mass is 10.2. The molecule has 0 bridgehead atoms. The first-order valence-electron chi connectivity index (χ1n) is 8.68. The Morgan fingerprint density at radius 3 is 2.42 bits per heavy atom. The van der Waals surface area contributed by atoms with Gasteiger partial charge in [0.1, 0.15) is 10.6 Å². The highest BCUT2D eigenvalue weighted by Gasteiger charge is 2.32. The second-order valence-electron chi connectivity index (χ2n) is 6.66. The van der Waals surface area contributed by atoms with Gasteiger partial charge in [0.05, 0.1) is 18.5 Å². The van der Waals surface area contributed by atoms with Gasteiger partial charge in [-0.1, -0.05) is 12.1 Å². The van der Waals surface area contributed by atoms with Crippen LogP contribution in [-0.4, -0.2) is 60.7 Å². The minimum Gasteiger partial charge on any atom is -0.497 e. The van der Waals surface area contributed by atoms with E-state index in [2.05, 4.69) is 16.1 Å². The third kappa shape index (κ3) is 3.62. The van der Waals surface area contributed by atoms with Crippen LogP contribution in [0.5, 0.6) is 5.75 Å². The maximum Gasteiger partial charge on any atom is 0.246 e. The van der Waals surface area contributed by atoms with Crippen molar-refractivity contribution in [2.75, 3.05) is 33.3 Å². The van der Waals surface area contributed by atoms with Crippen LogP contribution in [0.4, 0.5) is 0 Å². The number of aromatic nitrogens is 2. The van der Waals surface area contributed by atoms with Gasteiger partial charge in [-0.2, -0.15) is 9.40 Å². The fourth-order valence-corrected chi connectivity index (χ4v) is 5.24. The van der Waals surface area contributed by atoms with Crippen LogP contribution >= 0.6 is 0 Å². The molecule has 7 nitrogen and oxygen atoms in total. The first-order chi connectivity index (χ1) is 12.3. The Bertz CT molecular complexity index is 884. The van der Waals surface area contributed by atoms with E-state index in [1.165, 1.54) is 5.56 Å². The average molecular weight is 378 g/mol. The molecular formula is C18H26N4O3S. The van der Waals surface area contributed by atoms with Gasteiger partial charge in [-0.3, -0.25) is 9.58 Å². The van der Waals surface area contributed by atoms with Crippen LogP contribution in [0.15, 0.2) is 29.2 Å². The second kappa shape index (κ2) is 7.38. The Morgan fingerprint density at radius 1 is 1.15 bits per heavy atom. The minimum absolute atomic E-state index is 0.348. The Kier molecular flexibility index (Phi) is 5.36. The van der Waals surface area contributed by atoms with Gasteiger partial charge in [0, 0.05) is 39.8 Å². The van der Waals surface area contributed by atoms with Gasteiger partial charge in [-0.15, -0.1) is 0 Å². The van der Waals surface area contributed by atoms with E-state index in [0.717, 1.165) is 12.3 Å². The first kappa shape index (κ1) is 18.9. The third-order valence-electron chi connectivity index (χ3n) is 4.91. The molecule has 0 unspecified atom stereocenters. The van der Waals surface area contributed by atoms with Crippen LogP contribution in [0, 0.1) is 13.8 Å². The monoisotopic (exact) mass is 378 g/mol. The molecule has 1 aromatic heterocycles. The molecule has 0 aliphatic carbocycles. The van der Waals surface area contributed by atoms with Crippen molar-refractivity contribution in [3.05, 3.63) is 41.2 Å². The number of benzene rings is 1. The van der Waals surface area contributed by atoms with E-state index >= 15 is 0 Å². The second-order valence-corrected chi connectivity index (χ2v) is 8.53. The molecular weight excluding hydrogens is 352 g/mol. The van der Waals surface area contributed by atoms with E-state index in [1.807, 2.05) is 18.2 Å². The summed E-state index contributed by atoms with van der Waals surface area (Å²) in [5, 5.41) is 4.25. The van der Waals surface area contributed by atoms with Crippen LogP contribution in [0.25, 0.3) is 0 Å². The summed E-state index contributed by atoms with van der Waals surface area (Å²) in [5.41, 5.74) is 2.41. The topological polar surface area (TPSA) is 67.7 Å². The molecule has 3 rings (SSSR count). The fourth-order valence-electron chi connectivity index (χ4n) is 3.41. The van der Waals surface area contributed by atoms with Gasteiger partial charge in [-0.05, 0) is 31.5 Å². The number of nitrogens with zero attached hydrogens (tertiary/aromatic N) is 4. The maximum absolute atomic E-state index is 13.0. The molecule has 2 aromatic rings. The lowest BCUT2D eigenvalue weighted by molar-refractivity contribution is 0.181. The largest absolute Gasteiger partial charge is 0.497 e. The van der Waals surface area contributed by atoms with Gasteiger partial charge in [0.25, 0.3) is 0 Å². The van der Waals surface area contributed by atoms with E-state index in [-0.39, 0.29) is 0 Å². The summed E-state index contributed by atoms with van der Waals surface area (Å²) in [7, 11) is -0.0770. The molecule has 2 heterocycles. The van der Waals surface area contributed by atoms with Crippen molar-refractivity contribution in [3.8, 4) is 5.75 Å². The molecule has 26 heavy (non-hydrogen) atoms. The zero-order chi connectivity index (χ0) is 18.9. The summed E-state index contributed by atoms with van der Waals surface area (Å²) in [6.45, 7) is 6.71. The van der Waals surface area contributed by atoms with Crippen LogP contribution in [0.3, 0.4) is 0 Å². The molecule has 0 saturated carbocycles. The zero-order valence-corrected chi connectivity index (χ0v) is 16.6. The third-order valence-corrected chi connectivity index (χ3v) is 7.06. The highest BCUT2D eigenvalue weighted by Crippen LogP contribution is 2.24. The predicted octanol–water partition coefficient (Wildman–Crippen LogP) is 1.55. The van der Waals surface area contributed by atoms with Crippen LogP contribution < -0.4 is 4.74 Å². The number of rotatable bonds is 5. The van der Waals surface area contributed by atoms with Crippen molar-refractivity contribution < 1.29 is 13.2 Å². The Balaban J connectivity index is 1.68. The average Bonchev–Trinajstić information content (AvgIpc) is 2.88. The van der Waals surface area contributed by atoms with Gasteiger partial charge in [0.2, 0.25) is 10.0 Å². The number of methoxy groups -OCH3 is 1. The maximum atomic E-state index is 13.0. The highest BCUT2D eigenvalue weighted by molar-refractivity contribution is 7.89. The standard InChI is InChI=1S/C18H26N4O3S/c1-14-18(15(2)20(3)19-14)26(23,24)22-10-8-21(9-11-22)13-16-6-5-7-17(12-16)25-4/h5-7,12H,8-11,13H2,1-4H3. The van der Waals surface area contributed by atoms with Gasteiger partial charge >= 0.3 is 0 Å². The summed E-state index contributed by atoms with van der Waals surface area (Å²) in [5.74, 6) is 0.839. The number of sulfonamides is 1. The molecule has 8 heteroatoms. The number of piperazine rings is 1. The Hall–Kier alpha value is -1.90. The molecule has 0 radical (unpaired) electrons. The van der Waals surface area contributed by atoms with E-state index in [9.17, 15) is 8.42 Å². The minimum atomic E-state index is -3.51. The molecule has 0 spiro atoms. The van der Waals surface area contributed by atoms with Gasteiger partial charge in [-0.25, -0.2) is 8.42 Å². The lowest BCUT2D eigenvalue weighted by Gasteiger charge is -2.34. The van der Waals surface area contributed by atoms with E-state index < -0.39 is 10.0 Å². The van der Waals surface area contributed by atoms with E-state index in [1.54, 1.807) is 37.0 Å². The van der Waals surface area contributed by atoms with Crippen LogP contribution in [0.1, 0.15) is 17.0 Å². The van der Waals surface area contributed by atoms with Crippen molar-refractivity contribution in [1.82, 2.24) is 19.0 Å². The number of hydrogen-bond donors (Lipinski definition) is 0. The van der Waals surface area contributed by atoms with Crippen molar-refractivity contribution in [2.24, 2.45) is 7.05 Å². The zero-order valence-electron chi connectivity index (χ0n) is 15.8. The molecule has 1 fully saturated rings. The lowest BCUT2D eigenvalue weighted by Crippen LogP contribution is -2.48. The summed E-state index contributed by atoms with van der Waals surface area (Å²) in [6.07, 6.45) is 0. The highest BCUT2D eigenvalue weighted by atomic mass is 32.2. The van der Waals surface area contributed by atoms with Gasteiger partial charge < -0.3 is 4.74 Å². The smallest absolute Gasteiger partial charge is 0.246 e. The predicted molar refractivity (Wildman–Crippen MR) is 99.7 cm³/mol. The summed E-state index contributed by atoms with van der Waals surface area (Å²) in [6, 6.07) is 7.98. The van der Waals surface area contributed by atoms with E-state index in [0.29, 0.717) is 42.5 Å². The molecule has 0 atom stereocenters. The van der Waals surface area contributed by atoms with Crippen molar-refractivity contribution in [3.63, 3.8) is 0 Å². The van der Waals surface area contributed by atoms with E-state index in [4.69, 9.17) is 4.74 Å². The molecule has 1 saturated heterocycles. The van der Waals surface area contributed by atoms with Crippen LogP contribution in [-0.2, 0) is 23.6 Å². The summed E-state index contributed by atoms with van der Waals surface area (Å²) >= 11 is 0. The van der Waals surface area contributed by atoms with Gasteiger partial charge in [0.15, 0.2) is 0 Å². The molecule has 0 amide bonds. The summed E-state index contributed by atoms with van der Waals surface area (Å²) < 4.78 is 34.5. The first-order valence-corrected chi connectivity index (χ1v) is 10.1. The SMILES string of the molecule is COc1cccc(CN2CCN(S(=O)(=O)c3c(C)nn(C)c3C)CC2)c1. The number of ether oxygens (including phenoxy) is 1. The van der Waals surface area contributed by atoms with Crippen molar-refractivity contribution >= 4 is 10.0 Å². The molecule has 142 valence electrons. The number of hydrogen-bond acceptors (Lipinski definition) is 5. The fraction of sp³-hybridized carbons (Fsp3) is 0.500. The number of aryl methyl sites for hydroxylation is 2. The molecule has 1 aromatic carbocycles. The quantitative estimate of drug-likeness (QED) is 0.790. The molecule has 0 N–H and O–H groups in total. The summed E-state index contributed by atoms with van der Waals surface area (Å²) in [4.78, 5) is 2.62. The Labute approximate surface area is 155 Å². The van der Waals surface area contributed by atoms with Crippen molar-refractivity contribution in [2.45, 2.75) is 25.3 Å².